The maximum absolute atomic E-state index is 13.0. The third kappa shape index (κ3) is 3.37. The Balaban J connectivity index is 1.63. The molecule has 3 rings (SSSR count). The van der Waals surface area contributed by atoms with Crippen molar-refractivity contribution < 1.29 is 13.2 Å². The van der Waals surface area contributed by atoms with Crippen LogP contribution < -0.4 is 16.4 Å². The lowest BCUT2D eigenvalue weighted by Gasteiger charge is -2.48. The van der Waals surface area contributed by atoms with Crippen LogP contribution in [0.25, 0.3) is 0 Å². The topological polar surface area (TPSA) is 50.1 Å². The van der Waals surface area contributed by atoms with E-state index in [-0.39, 0.29) is 24.4 Å². The molecule has 2 aliphatic heterocycles. The average Bonchev–Trinajstić information content (AvgIpc) is 2.46. The van der Waals surface area contributed by atoms with E-state index >= 15 is 0 Å². The van der Waals surface area contributed by atoms with Gasteiger partial charge in [0.05, 0.1) is 5.92 Å². The number of fused-ring (bicyclic) bond motifs is 1. The fraction of sp³-hybridized carbons (Fsp3) is 1.00. The van der Waals surface area contributed by atoms with Crippen molar-refractivity contribution >= 4 is 0 Å². The minimum absolute atomic E-state index is 0.111. The van der Waals surface area contributed by atoms with Gasteiger partial charge in [-0.2, -0.15) is 13.2 Å². The van der Waals surface area contributed by atoms with Crippen LogP contribution in [0, 0.1) is 17.8 Å². The van der Waals surface area contributed by atoms with E-state index < -0.39 is 12.1 Å². The van der Waals surface area contributed by atoms with Crippen molar-refractivity contribution in [2.24, 2.45) is 23.5 Å². The van der Waals surface area contributed by atoms with E-state index in [9.17, 15) is 13.2 Å². The summed E-state index contributed by atoms with van der Waals surface area (Å²) in [5.41, 5.74) is 6.30. The molecule has 21 heavy (non-hydrogen) atoms. The van der Waals surface area contributed by atoms with Gasteiger partial charge in [-0.3, -0.25) is 0 Å². The van der Waals surface area contributed by atoms with Gasteiger partial charge in [-0.1, -0.05) is 6.42 Å². The van der Waals surface area contributed by atoms with Crippen molar-refractivity contribution in [3.8, 4) is 0 Å². The molecule has 4 N–H and O–H groups in total. The van der Waals surface area contributed by atoms with Gasteiger partial charge in [-0.15, -0.1) is 0 Å². The highest BCUT2D eigenvalue weighted by Crippen LogP contribution is 2.42. The van der Waals surface area contributed by atoms with Crippen LogP contribution in [0.5, 0.6) is 0 Å². The first kappa shape index (κ1) is 15.6. The largest absolute Gasteiger partial charge is 0.391 e. The molecule has 6 heteroatoms. The Hall–Kier alpha value is -0.330. The summed E-state index contributed by atoms with van der Waals surface area (Å²) in [6.45, 7) is 1.91. The number of hydrogen-bond acceptors (Lipinski definition) is 3. The van der Waals surface area contributed by atoms with Gasteiger partial charge < -0.3 is 16.4 Å². The summed E-state index contributed by atoms with van der Waals surface area (Å²) >= 11 is 0. The van der Waals surface area contributed by atoms with Crippen LogP contribution >= 0.6 is 0 Å². The number of halogens is 3. The number of nitrogens with one attached hydrogen (secondary N) is 2. The van der Waals surface area contributed by atoms with Crippen molar-refractivity contribution in [3.05, 3.63) is 0 Å². The molecule has 0 aromatic heterocycles. The van der Waals surface area contributed by atoms with Crippen LogP contribution in [0.1, 0.15) is 38.5 Å². The lowest BCUT2D eigenvalue weighted by atomic mass is 9.71. The van der Waals surface area contributed by atoms with Crippen LogP contribution in [0.4, 0.5) is 13.2 Å². The summed E-state index contributed by atoms with van der Waals surface area (Å²) in [5.74, 6) is -0.552. The van der Waals surface area contributed by atoms with E-state index in [0.29, 0.717) is 24.8 Å². The minimum Gasteiger partial charge on any atom is -0.327 e. The van der Waals surface area contributed by atoms with Crippen LogP contribution in [-0.2, 0) is 0 Å². The van der Waals surface area contributed by atoms with E-state index in [1.165, 1.54) is 0 Å². The maximum Gasteiger partial charge on any atom is 0.391 e. The number of piperidine rings is 2. The van der Waals surface area contributed by atoms with Gasteiger partial charge in [0.25, 0.3) is 0 Å². The van der Waals surface area contributed by atoms with Crippen molar-refractivity contribution in [1.82, 2.24) is 10.6 Å². The molecular weight excluding hydrogens is 279 g/mol. The number of hydrogen-bond donors (Lipinski definition) is 3. The summed E-state index contributed by atoms with van der Waals surface area (Å²) in [7, 11) is 0. The summed E-state index contributed by atoms with van der Waals surface area (Å²) in [4.78, 5) is 0. The van der Waals surface area contributed by atoms with Gasteiger partial charge in [-0.25, -0.2) is 0 Å². The van der Waals surface area contributed by atoms with Crippen LogP contribution in [0.3, 0.4) is 0 Å². The van der Waals surface area contributed by atoms with Crippen LogP contribution in [0.15, 0.2) is 0 Å². The minimum atomic E-state index is -4.03. The Morgan fingerprint density at radius 1 is 1.00 bits per heavy atom. The molecule has 1 aliphatic carbocycles. The molecule has 6 atom stereocenters. The highest BCUT2D eigenvalue weighted by Gasteiger charge is 2.46. The summed E-state index contributed by atoms with van der Waals surface area (Å²) in [6, 6.07) is 0.663. The first-order valence-corrected chi connectivity index (χ1v) is 8.24. The fourth-order valence-corrected chi connectivity index (χ4v) is 4.57. The highest BCUT2D eigenvalue weighted by atomic mass is 19.4. The summed E-state index contributed by atoms with van der Waals surface area (Å²) in [5, 5.41) is 7.01. The molecule has 3 fully saturated rings. The second-order valence-corrected chi connectivity index (χ2v) is 7.10. The zero-order chi connectivity index (χ0) is 15.0. The Kier molecular flexibility index (Phi) is 4.48. The predicted molar refractivity (Wildman–Crippen MR) is 75.8 cm³/mol. The third-order valence-corrected chi connectivity index (χ3v) is 5.78. The van der Waals surface area contributed by atoms with Crippen LogP contribution in [-0.4, -0.2) is 37.4 Å². The van der Waals surface area contributed by atoms with Gasteiger partial charge in [-0.05, 0) is 44.6 Å². The SMILES string of the molecule is NC1CC(C2CCCC(C(F)(F)F)C2)NC2CCNCC12. The Morgan fingerprint density at radius 3 is 2.57 bits per heavy atom. The van der Waals surface area contributed by atoms with E-state index in [1.54, 1.807) is 0 Å². The van der Waals surface area contributed by atoms with Gasteiger partial charge in [0.1, 0.15) is 0 Å². The normalized spacial score (nSPS) is 45.1. The molecule has 1 saturated carbocycles. The van der Waals surface area contributed by atoms with E-state index in [4.69, 9.17) is 5.73 Å². The number of rotatable bonds is 1. The second kappa shape index (κ2) is 6.05. The number of nitrogens with two attached hydrogens (primary N) is 1. The monoisotopic (exact) mass is 305 g/mol. The molecule has 0 bridgehead atoms. The molecule has 3 nitrogen and oxygen atoms in total. The van der Waals surface area contributed by atoms with E-state index in [0.717, 1.165) is 32.4 Å². The first-order chi connectivity index (χ1) is 9.95. The summed E-state index contributed by atoms with van der Waals surface area (Å²) in [6.07, 6.45) is -0.00207. The Morgan fingerprint density at radius 2 is 1.81 bits per heavy atom. The molecule has 0 amide bonds. The highest BCUT2D eigenvalue weighted by molar-refractivity contribution is 5.00. The quantitative estimate of drug-likeness (QED) is 0.695. The molecule has 6 unspecified atom stereocenters. The lowest BCUT2D eigenvalue weighted by molar-refractivity contribution is -0.187. The zero-order valence-corrected chi connectivity index (χ0v) is 12.3. The van der Waals surface area contributed by atoms with Crippen LogP contribution in [0.2, 0.25) is 0 Å². The Labute approximate surface area is 124 Å². The molecule has 0 aromatic rings. The van der Waals surface area contributed by atoms with E-state index in [1.807, 2.05) is 0 Å². The van der Waals surface area contributed by atoms with Crippen molar-refractivity contribution in [2.45, 2.75) is 62.8 Å². The van der Waals surface area contributed by atoms with Crippen molar-refractivity contribution in [3.63, 3.8) is 0 Å². The predicted octanol–water partition coefficient (Wildman–Crippen LogP) is 2.02. The summed E-state index contributed by atoms with van der Waals surface area (Å²) < 4.78 is 38.9. The molecule has 3 aliphatic rings. The van der Waals surface area contributed by atoms with Gasteiger partial charge >= 0.3 is 6.18 Å². The van der Waals surface area contributed by atoms with Gasteiger partial charge in [0.2, 0.25) is 0 Å². The molecule has 0 spiro atoms. The molecule has 0 radical (unpaired) electrons. The zero-order valence-electron chi connectivity index (χ0n) is 12.3. The molecule has 2 heterocycles. The second-order valence-electron chi connectivity index (χ2n) is 7.10. The molecular formula is C15H26F3N3. The number of alkyl halides is 3. The van der Waals surface area contributed by atoms with Gasteiger partial charge in [0.15, 0.2) is 0 Å². The molecule has 122 valence electrons. The standard InChI is InChI=1S/C15H26F3N3/c16-15(17,18)10-3-1-2-9(6-10)14-7-12(19)11-8-20-5-4-13(11)21-14/h9-14,20-21H,1-8,19H2. The Bertz CT molecular complexity index is 361. The fourth-order valence-electron chi connectivity index (χ4n) is 4.57. The third-order valence-electron chi connectivity index (χ3n) is 5.78. The first-order valence-electron chi connectivity index (χ1n) is 8.24. The van der Waals surface area contributed by atoms with Crippen molar-refractivity contribution in [1.29, 1.82) is 0 Å². The maximum atomic E-state index is 13.0. The smallest absolute Gasteiger partial charge is 0.327 e. The van der Waals surface area contributed by atoms with E-state index in [2.05, 4.69) is 10.6 Å². The molecule has 2 saturated heterocycles. The van der Waals surface area contributed by atoms with Crippen molar-refractivity contribution in [2.75, 3.05) is 13.1 Å². The average molecular weight is 305 g/mol. The molecule has 0 aromatic carbocycles. The lowest BCUT2D eigenvalue weighted by Crippen LogP contribution is -2.63. The van der Waals surface area contributed by atoms with Gasteiger partial charge in [0, 0.05) is 30.6 Å².